The summed E-state index contributed by atoms with van der Waals surface area (Å²) >= 11 is 5.72. The minimum absolute atomic E-state index is 0.112. The highest BCUT2D eigenvalue weighted by Crippen LogP contribution is 2.40. The average Bonchev–Trinajstić information content (AvgIpc) is 2.54. The van der Waals surface area contributed by atoms with Gasteiger partial charge in [0.25, 0.3) is 5.60 Å². The molecule has 1 aromatic heterocycles. The number of hydrogen-bond donors (Lipinski definition) is 2. The zero-order valence-corrected chi connectivity index (χ0v) is 15.5. The van der Waals surface area contributed by atoms with Crippen LogP contribution in [0.3, 0.4) is 0 Å². The topological polar surface area (TPSA) is 102 Å². The molecule has 1 unspecified atom stereocenters. The third kappa shape index (κ3) is 4.40. The number of alkyl halides is 3. The van der Waals surface area contributed by atoms with Gasteiger partial charge in [0.1, 0.15) is 5.82 Å². The first-order valence-electron chi connectivity index (χ1n) is 7.83. The summed E-state index contributed by atoms with van der Waals surface area (Å²) in [6, 6.07) is 5.56. The van der Waals surface area contributed by atoms with Crippen LogP contribution in [0, 0.1) is 15.9 Å². The molecular weight excluding hydrogens is 406 g/mol. The molecule has 0 aliphatic carbocycles. The molecular formula is C17H16ClF4N3O3. The Kier molecular flexibility index (Phi) is 5.71. The maximum atomic E-state index is 13.5. The highest BCUT2D eigenvalue weighted by Gasteiger charge is 2.60. The van der Waals surface area contributed by atoms with E-state index in [1.807, 2.05) is 0 Å². The second-order valence-corrected chi connectivity index (χ2v) is 7.23. The van der Waals surface area contributed by atoms with E-state index in [9.17, 15) is 32.8 Å². The van der Waals surface area contributed by atoms with Crippen LogP contribution in [0.2, 0.25) is 5.02 Å². The second kappa shape index (κ2) is 7.26. The van der Waals surface area contributed by atoms with Gasteiger partial charge in [0.05, 0.1) is 16.4 Å². The first-order chi connectivity index (χ1) is 12.6. The summed E-state index contributed by atoms with van der Waals surface area (Å²) in [5, 5.41) is 20.7. The van der Waals surface area contributed by atoms with Gasteiger partial charge in [-0.15, -0.1) is 0 Å². The maximum Gasteiger partial charge on any atom is 0.429 e. The first kappa shape index (κ1) is 22.0. The number of nitrogens with zero attached hydrogens (tertiary/aromatic N) is 2. The summed E-state index contributed by atoms with van der Waals surface area (Å²) in [5.74, 6) is -0.749. The molecule has 1 atom stereocenters. The lowest BCUT2D eigenvalue weighted by Crippen LogP contribution is -2.48. The van der Waals surface area contributed by atoms with Gasteiger partial charge in [0, 0.05) is 16.0 Å². The molecule has 152 valence electrons. The van der Waals surface area contributed by atoms with Crippen molar-refractivity contribution in [3.05, 3.63) is 62.5 Å². The van der Waals surface area contributed by atoms with Crippen molar-refractivity contribution in [3.63, 3.8) is 0 Å². The molecule has 2 aromatic rings. The van der Waals surface area contributed by atoms with Crippen molar-refractivity contribution in [3.8, 4) is 11.3 Å². The van der Waals surface area contributed by atoms with Crippen LogP contribution in [0.1, 0.15) is 25.1 Å². The van der Waals surface area contributed by atoms with Crippen LogP contribution in [0.15, 0.2) is 30.3 Å². The van der Waals surface area contributed by atoms with Gasteiger partial charge < -0.3 is 10.8 Å². The Morgan fingerprint density at radius 2 is 1.86 bits per heavy atom. The Labute approximate surface area is 162 Å². The molecule has 1 heterocycles. The zero-order valence-electron chi connectivity index (χ0n) is 14.7. The second-order valence-electron chi connectivity index (χ2n) is 6.83. The molecule has 0 aliphatic rings. The van der Waals surface area contributed by atoms with E-state index in [0.29, 0.717) is 0 Å². The number of benzene rings is 1. The van der Waals surface area contributed by atoms with Gasteiger partial charge in [0.15, 0.2) is 0 Å². The maximum absolute atomic E-state index is 13.5. The van der Waals surface area contributed by atoms with Gasteiger partial charge >= 0.3 is 6.18 Å². The van der Waals surface area contributed by atoms with Gasteiger partial charge in [-0.2, -0.15) is 13.2 Å². The predicted molar refractivity (Wildman–Crippen MR) is 93.7 cm³/mol. The quantitative estimate of drug-likeness (QED) is 0.434. The van der Waals surface area contributed by atoms with Crippen molar-refractivity contribution in [2.45, 2.75) is 31.2 Å². The summed E-state index contributed by atoms with van der Waals surface area (Å²) in [6.07, 6.45) is -5.39. The zero-order chi connectivity index (χ0) is 21.5. The molecule has 28 heavy (non-hydrogen) atoms. The van der Waals surface area contributed by atoms with E-state index in [1.54, 1.807) is 0 Å². The fourth-order valence-electron chi connectivity index (χ4n) is 2.42. The van der Waals surface area contributed by atoms with Crippen molar-refractivity contribution in [1.29, 1.82) is 0 Å². The van der Waals surface area contributed by atoms with E-state index in [-0.39, 0.29) is 21.8 Å². The molecule has 6 nitrogen and oxygen atoms in total. The molecule has 1 aromatic carbocycles. The molecule has 0 bridgehead atoms. The van der Waals surface area contributed by atoms with Crippen LogP contribution in [0.25, 0.3) is 11.3 Å². The normalized spacial score (nSPS) is 14.6. The smallest absolute Gasteiger partial charge is 0.370 e. The van der Waals surface area contributed by atoms with Crippen LogP contribution >= 0.6 is 11.6 Å². The van der Waals surface area contributed by atoms with Crippen molar-refractivity contribution < 1.29 is 27.6 Å². The molecule has 3 N–H and O–H groups in total. The molecule has 2 rings (SSSR count). The predicted octanol–water partition coefficient (Wildman–Crippen LogP) is 3.76. The van der Waals surface area contributed by atoms with Crippen LogP contribution in [-0.2, 0) is 11.1 Å². The van der Waals surface area contributed by atoms with Crippen molar-refractivity contribution in [2.75, 3.05) is 6.54 Å². The highest BCUT2D eigenvalue weighted by molar-refractivity contribution is 6.31. The Balaban J connectivity index is 2.80. The van der Waals surface area contributed by atoms with E-state index in [4.69, 9.17) is 17.3 Å². The summed E-state index contributed by atoms with van der Waals surface area (Å²) in [5.41, 5.74) is 0.107. The number of rotatable bonds is 5. The van der Waals surface area contributed by atoms with Crippen LogP contribution in [0.4, 0.5) is 17.6 Å². The summed E-state index contributed by atoms with van der Waals surface area (Å²) in [7, 11) is 0. The minimum atomic E-state index is -5.39. The van der Waals surface area contributed by atoms with Crippen LogP contribution in [-0.4, -0.2) is 27.7 Å². The Bertz CT molecular complexity index is 915. The fourth-order valence-corrected chi connectivity index (χ4v) is 2.60. The third-order valence-corrected chi connectivity index (χ3v) is 4.32. The van der Waals surface area contributed by atoms with Gasteiger partial charge in [-0.1, -0.05) is 11.6 Å². The molecule has 0 aliphatic heterocycles. The van der Waals surface area contributed by atoms with Crippen molar-refractivity contribution >= 4 is 11.6 Å². The van der Waals surface area contributed by atoms with Crippen LogP contribution in [0.5, 0.6) is 0 Å². The summed E-state index contributed by atoms with van der Waals surface area (Å²) in [6.45, 7) is 1.14. The SMILES string of the molecule is CC(C)(N)c1cc(-c2ccc(F)c(Cl)c2)nc(C(O)(C[N+](=O)[O-])C(F)(F)F)c1. The van der Waals surface area contributed by atoms with E-state index >= 15 is 0 Å². The number of nitrogens with two attached hydrogens (primary N) is 1. The molecule has 0 fully saturated rings. The van der Waals surface area contributed by atoms with E-state index < -0.39 is 40.3 Å². The van der Waals surface area contributed by atoms with Gasteiger partial charge in [-0.3, -0.25) is 10.1 Å². The molecule has 0 spiro atoms. The number of aliphatic hydroxyl groups is 1. The number of hydrogen-bond acceptors (Lipinski definition) is 5. The lowest BCUT2D eigenvalue weighted by molar-refractivity contribution is -0.519. The molecule has 0 radical (unpaired) electrons. The monoisotopic (exact) mass is 421 g/mol. The van der Waals surface area contributed by atoms with E-state index in [2.05, 4.69) is 4.98 Å². The number of aromatic nitrogens is 1. The Hall–Kier alpha value is -2.30. The lowest BCUT2D eigenvalue weighted by Gasteiger charge is -2.28. The molecule has 0 saturated heterocycles. The summed E-state index contributed by atoms with van der Waals surface area (Å²) in [4.78, 5) is 13.3. The molecule has 0 saturated carbocycles. The third-order valence-electron chi connectivity index (χ3n) is 4.04. The minimum Gasteiger partial charge on any atom is -0.370 e. The van der Waals surface area contributed by atoms with E-state index in [0.717, 1.165) is 18.2 Å². The van der Waals surface area contributed by atoms with Gasteiger partial charge in [0.2, 0.25) is 6.54 Å². The number of nitro groups is 1. The largest absolute Gasteiger partial charge is 0.429 e. The van der Waals surface area contributed by atoms with Gasteiger partial charge in [-0.05, 0) is 49.7 Å². The molecule has 11 heteroatoms. The Morgan fingerprint density at radius 3 is 2.32 bits per heavy atom. The van der Waals surface area contributed by atoms with Crippen LogP contribution < -0.4 is 5.73 Å². The number of pyridine rings is 1. The molecule has 0 amide bonds. The first-order valence-corrected chi connectivity index (χ1v) is 8.21. The highest BCUT2D eigenvalue weighted by atomic mass is 35.5. The average molecular weight is 422 g/mol. The van der Waals surface area contributed by atoms with Gasteiger partial charge in [-0.25, -0.2) is 9.37 Å². The standard InChI is InChI=1S/C17H16ClF4N3O3/c1-15(2,23)10-6-13(9-3-4-12(19)11(18)5-9)24-14(7-10)16(26,8-25(27)28)17(20,21)22/h3-7,26H,8,23H2,1-2H3. The van der Waals surface area contributed by atoms with Crippen molar-refractivity contribution in [1.82, 2.24) is 4.98 Å². The van der Waals surface area contributed by atoms with Crippen molar-refractivity contribution in [2.24, 2.45) is 5.73 Å². The fraction of sp³-hybridized carbons (Fsp3) is 0.353. The Morgan fingerprint density at radius 1 is 1.25 bits per heavy atom. The lowest BCUT2D eigenvalue weighted by atomic mass is 9.89. The van der Waals surface area contributed by atoms with E-state index in [1.165, 1.54) is 26.0 Å². The summed E-state index contributed by atoms with van der Waals surface area (Å²) < 4.78 is 54.0. The number of halogens is 5.